The summed E-state index contributed by atoms with van der Waals surface area (Å²) in [5.41, 5.74) is 2.76. The van der Waals surface area contributed by atoms with Crippen molar-refractivity contribution in [2.24, 2.45) is 0 Å². The van der Waals surface area contributed by atoms with E-state index in [1.807, 2.05) is 31.2 Å². The number of halogens is 1. The first-order valence-electron chi connectivity index (χ1n) is 7.27. The normalized spacial score (nSPS) is 10.3. The Balaban J connectivity index is 1.82. The molecule has 0 saturated heterocycles. The number of amides is 1. The average molecular weight is 318 g/mol. The van der Waals surface area contributed by atoms with Crippen molar-refractivity contribution in [2.75, 3.05) is 13.7 Å². The Kier molecular flexibility index (Phi) is 5.84. The van der Waals surface area contributed by atoms with Crippen molar-refractivity contribution in [3.05, 3.63) is 64.2 Å². The molecule has 2 rings (SSSR count). The van der Waals surface area contributed by atoms with Crippen molar-refractivity contribution in [1.82, 2.24) is 5.32 Å². The van der Waals surface area contributed by atoms with Gasteiger partial charge in [0.05, 0.1) is 17.7 Å². The smallest absolute Gasteiger partial charge is 0.252 e. The van der Waals surface area contributed by atoms with Crippen LogP contribution >= 0.6 is 11.6 Å². The summed E-state index contributed by atoms with van der Waals surface area (Å²) in [4.78, 5) is 12.1. The van der Waals surface area contributed by atoms with Crippen LogP contribution in [0.2, 0.25) is 5.02 Å². The monoisotopic (exact) mass is 317 g/mol. The number of rotatable bonds is 6. The molecule has 1 N–H and O–H groups in total. The Hall–Kier alpha value is -2.00. The summed E-state index contributed by atoms with van der Waals surface area (Å²) in [6, 6.07) is 13.4. The number of methoxy groups -OCH3 is 1. The minimum atomic E-state index is -0.129. The molecule has 0 aliphatic heterocycles. The molecule has 0 aliphatic rings. The lowest BCUT2D eigenvalue weighted by molar-refractivity contribution is 0.0953. The van der Waals surface area contributed by atoms with Gasteiger partial charge in [-0.2, -0.15) is 0 Å². The molecule has 0 spiro atoms. The summed E-state index contributed by atoms with van der Waals surface area (Å²) in [6.45, 7) is 2.56. The van der Waals surface area contributed by atoms with Crippen molar-refractivity contribution in [2.45, 2.75) is 19.8 Å². The van der Waals surface area contributed by atoms with Gasteiger partial charge in [0.1, 0.15) is 5.75 Å². The van der Waals surface area contributed by atoms with Gasteiger partial charge in [-0.25, -0.2) is 0 Å². The molecule has 0 unspecified atom stereocenters. The summed E-state index contributed by atoms with van der Waals surface area (Å²) in [5, 5.41) is 3.39. The fourth-order valence-electron chi connectivity index (χ4n) is 2.22. The molecule has 2 aromatic rings. The van der Waals surface area contributed by atoms with Gasteiger partial charge in [0.15, 0.2) is 0 Å². The first kappa shape index (κ1) is 16.4. The third kappa shape index (κ3) is 4.50. The Bertz CT molecular complexity index is 655. The van der Waals surface area contributed by atoms with Crippen molar-refractivity contribution >= 4 is 17.5 Å². The number of carbonyl (C=O) groups excluding carboxylic acids is 1. The van der Waals surface area contributed by atoms with Crippen LogP contribution in [0, 0.1) is 6.92 Å². The topological polar surface area (TPSA) is 38.3 Å². The van der Waals surface area contributed by atoms with Crippen LogP contribution in [0.15, 0.2) is 42.5 Å². The zero-order valence-electron chi connectivity index (χ0n) is 12.9. The molecule has 0 radical (unpaired) electrons. The quantitative estimate of drug-likeness (QED) is 0.817. The zero-order chi connectivity index (χ0) is 15.9. The maximum absolute atomic E-state index is 12.1. The van der Waals surface area contributed by atoms with Crippen molar-refractivity contribution in [3.8, 4) is 5.75 Å². The molecule has 0 aliphatic carbocycles. The highest BCUT2D eigenvalue weighted by Crippen LogP contribution is 2.17. The molecular formula is C18H20ClNO2. The van der Waals surface area contributed by atoms with E-state index in [2.05, 4.69) is 11.4 Å². The Morgan fingerprint density at radius 3 is 2.77 bits per heavy atom. The van der Waals surface area contributed by atoms with E-state index in [1.165, 1.54) is 5.56 Å². The number of nitrogens with one attached hydrogen (secondary N) is 1. The molecule has 2 aromatic carbocycles. The van der Waals surface area contributed by atoms with Crippen LogP contribution < -0.4 is 10.1 Å². The molecule has 116 valence electrons. The third-order valence-electron chi connectivity index (χ3n) is 3.43. The number of carbonyl (C=O) groups is 1. The molecule has 0 fully saturated rings. The minimum Gasteiger partial charge on any atom is -0.497 e. The van der Waals surface area contributed by atoms with Crippen LogP contribution in [0.4, 0.5) is 0 Å². The summed E-state index contributed by atoms with van der Waals surface area (Å²) >= 11 is 6.09. The van der Waals surface area contributed by atoms with Gasteiger partial charge >= 0.3 is 0 Å². The fourth-order valence-corrected chi connectivity index (χ4v) is 2.54. The average Bonchev–Trinajstić information content (AvgIpc) is 2.51. The summed E-state index contributed by atoms with van der Waals surface area (Å²) < 4.78 is 5.20. The van der Waals surface area contributed by atoms with Gasteiger partial charge in [0.25, 0.3) is 5.91 Å². The highest BCUT2D eigenvalue weighted by molar-refractivity contribution is 6.33. The van der Waals surface area contributed by atoms with Gasteiger partial charge in [0.2, 0.25) is 0 Å². The molecule has 0 saturated carbocycles. The van der Waals surface area contributed by atoms with Crippen LogP contribution in [0.25, 0.3) is 0 Å². The Morgan fingerprint density at radius 1 is 1.23 bits per heavy atom. The molecular weight excluding hydrogens is 298 g/mol. The van der Waals surface area contributed by atoms with E-state index in [-0.39, 0.29) is 5.91 Å². The van der Waals surface area contributed by atoms with E-state index in [4.69, 9.17) is 16.3 Å². The second-order valence-corrected chi connectivity index (χ2v) is 5.60. The zero-order valence-corrected chi connectivity index (χ0v) is 13.6. The maximum Gasteiger partial charge on any atom is 0.252 e. The lowest BCUT2D eigenvalue weighted by Crippen LogP contribution is -2.25. The van der Waals surface area contributed by atoms with Gasteiger partial charge in [-0.1, -0.05) is 29.8 Å². The third-order valence-corrected chi connectivity index (χ3v) is 3.74. The number of hydrogen-bond acceptors (Lipinski definition) is 2. The molecule has 22 heavy (non-hydrogen) atoms. The van der Waals surface area contributed by atoms with Crippen LogP contribution in [0.1, 0.15) is 27.9 Å². The first-order valence-corrected chi connectivity index (χ1v) is 7.65. The second-order valence-electron chi connectivity index (χ2n) is 5.19. The standard InChI is InChI=1S/C18H20ClNO2/c1-13-8-9-16(17(19)11-13)18(21)20-10-4-6-14-5-3-7-15(12-14)22-2/h3,5,7-9,11-12H,4,6,10H2,1-2H3,(H,20,21). The second kappa shape index (κ2) is 7.85. The largest absolute Gasteiger partial charge is 0.497 e. The van der Waals surface area contributed by atoms with E-state index < -0.39 is 0 Å². The lowest BCUT2D eigenvalue weighted by Gasteiger charge is -2.08. The predicted octanol–water partition coefficient (Wildman–Crippen LogP) is 4.02. The molecule has 3 nitrogen and oxygen atoms in total. The van der Waals surface area contributed by atoms with Gasteiger partial charge in [-0.05, 0) is 55.2 Å². The van der Waals surface area contributed by atoms with Gasteiger partial charge in [0, 0.05) is 6.54 Å². The highest BCUT2D eigenvalue weighted by Gasteiger charge is 2.09. The first-order chi connectivity index (χ1) is 10.6. The van der Waals surface area contributed by atoms with Gasteiger partial charge in [-0.3, -0.25) is 4.79 Å². The van der Waals surface area contributed by atoms with Crippen molar-refractivity contribution < 1.29 is 9.53 Å². The fraction of sp³-hybridized carbons (Fsp3) is 0.278. The minimum absolute atomic E-state index is 0.129. The van der Waals surface area contributed by atoms with E-state index in [0.717, 1.165) is 24.2 Å². The molecule has 0 heterocycles. The number of benzene rings is 2. The molecule has 1 amide bonds. The van der Waals surface area contributed by atoms with Crippen LogP contribution in [0.5, 0.6) is 5.75 Å². The van der Waals surface area contributed by atoms with Crippen molar-refractivity contribution in [1.29, 1.82) is 0 Å². The maximum atomic E-state index is 12.1. The number of ether oxygens (including phenoxy) is 1. The van der Waals surface area contributed by atoms with E-state index in [0.29, 0.717) is 17.1 Å². The van der Waals surface area contributed by atoms with E-state index in [9.17, 15) is 4.79 Å². The van der Waals surface area contributed by atoms with Crippen LogP contribution in [-0.2, 0) is 6.42 Å². The van der Waals surface area contributed by atoms with Gasteiger partial charge < -0.3 is 10.1 Å². The molecule has 0 atom stereocenters. The molecule has 4 heteroatoms. The summed E-state index contributed by atoms with van der Waals surface area (Å²) in [5.74, 6) is 0.726. The summed E-state index contributed by atoms with van der Waals surface area (Å²) in [6.07, 6.45) is 1.75. The van der Waals surface area contributed by atoms with Crippen LogP contribution in [0.3, 0.4) is 0 Å². The Labute approximate surface area is 136 Å². The predicted molar refractivity (Wildman–Crippen MR) is 89.8 cm³/mol. The Morgan fingerprint density at radius 2 is 2.05 bits per heavy atom. The number of hydrogen-bond donors (Lipinski definition) is 1. The van der Waals surface area contributed by atoms with E-state index in [1.54, 1.807) is 19.2 Å². The van der Waals surface area contributed by atoms with Gasteiger partial charge in [-0.15, -0.1) is 0 Å². The highest BCUT2D eigenvalue weighted by atomic mass is 35.5. The van der Waals surface area contributed by atoms with Crippen LogP contribution in [-0.4, -0.2) is 19.6 Å². The molecule has 0 bridgehead atoms. The van der Waals surface area contributed by atoms with E-state index >= 15 is 0 Å². The SMILES string of the molecule is COc1cccc(CCCNC(=O)c2ccc(C)cc2Cl)c1. The van der Waals surface area contributed by atoms with Crippen molar-refractivity contribution in [3.63, 3.8) is 0 Å². The summed E-state index contributed by atoms with van der Waals surface area (Å²) in [7, 11) is 1.66. The molecule has 0 aromatic heterocycles. The number of aryl methyl sites for hydroxylation is 2. The lowest BCUT2D eigenvalue weighted by atomic mass is 10.1.